The second-order valence-corrected chi connectivity index (χ2v) is 6.33. The molecule has 104 valence electrons. The molecule has 0 aliphatic rings. The summed E-state index contributed by atoms with van der Waals surface area (Å²) in [5, 5.41) is 13.8. The zero-order chi connectivity index (χ0) is 13.5. The van der Waals surface area contributed by atoms with Crippen molar-refractivity contribution in [1.29, 1.82) is 0 Å². The second-order valence-electron chi connectivity index (χ2n) is 6.33. The van der Waals surface area contributed by atoms with Crippen molar-refractivity contribution in [3.63, 3.8) is 0 Å². The van der Waals surface area contributed by atoms with E-state index in [1.807, 2.05) is 6.92 Å². The van der Waals surface area contributed by atoms with Crippen molar-refractivity contribution in [2.75, 3.05) is 6.54 Å². The number of aliphatic hydroxyl groups is 1. The predicted molar refractivity (Wildman–Crippen MR) is 76.2 cm³/mol. The van der Waals surface area contributed by atoms with Crippen LogP contribution in [0.1, 0.15) is 67.2 Å². The van der Waals surface area contributed by atoms with Crippen molar-refractivity contribution in [3.05, 3.63) is 0 Å². The first-order chi connectivity index (χ1) is 7.80. The lowest BCUT2D eigenvalue weighted by Crippen LogP contribution is -2.43. The van der Waals surface area contributed by atoms with Crippen LogP contribution in [-0.4, -0.2) is 23.3 Å². The Morgan fingerprint density at radius 2 is 1.71 bits per heavy atom. The molecule has 3 unspecified atom stereocenters. The van der Waals surface area contributed by atoms with E-state index in [0.717, 1.165) is 18.8 Å². The normalized spacial score (nSPS) is 19.1. The Hall–Kier alpha value is -0.0800. The summed E-state index contributed by atoms with van der Waals surface area (Å²) in [6.07, 6.45) is 4.45. The van der Waals surface area contributed by atoms with Gasteiger partial charge in [-0.05, 0) is 38.0 Å². The zero-order valence-electron chi connectivity index (χ0n) is 12.7. The molecule has 0 aliphatic heterocycles. The quantitative estimate of drug-likeness (QED) is 0.648. The van der Waals surface area contributed by atoms with Crippen LogP contribution in [0.5, 0.6) is 0 Å². The topological polar surface area (TPSA) is 32.3 Å². The summed E-state index contributed by atoms with van der Waals surface area (Å²) in [4.78, 5) is 0. The molecule has 0 aromatic heterocycles. The summed E-state index contributed by atoms with van der Waals surface area (Å²) < 4.78 is 0. The maximum Gasteiger partial charge on any atom is 0.0746 e. The molecule has 0 amide bonds. The molecule has 0 saturated heterocycles. The summed E-state index contributed by atoms with van der Waals surface area (Å²) in [6, 6.07) is 0.545. The van der Waals surface area contributed by atoms with Gasteiger partial charge in [0.2, 0.25) is 0 Å². The second kappa shape index (κ2) is 8.10. The lowest BCUT2D eigenvalue weighted by atomic mass is 9.92. The summed E-state index contributed by atoms with van der Waals surface area (Å²) in [7, 11) is 0. The van der Waals surface area contributed by atoms with Crippen LogP contribution in [0.3, 0.4) is 0 Å². The van der Waals surface area contributed by atoms with Gasteiger partial charge < -0.3 is 10.4 Å². The molecule has 0 fully saturated rings. The Bertz CT molecular complexity index is 189. The zero-order valence-corrected chi connectivity index (χ0v) is 12.7. The van der Waals surface area contributed by atoms with E-state index in [0.29, 0.717) is 18.5 Å². The summed E-state index contributed by atoms with van der Waals surface area (Å²) in [5.74, 6) is 1.31. The van der Waals surface area contributed by atoms with Crippen molar-refractivity contribution in [2.45, 2.75) is 78.9 Å². The van der Waals surface area contributed by atoms with E-state index in [1.54, 1.807) is 0 Å². The molecule has 17 heavy (non-hydrogen) atoms. The van der Waals surface area contributed by atoms with Crippen LogP contribution in [-0.2, 0) is 0 Å². The third-order valence-electron chi connectivity index (χ3n) is 3.50. The van der Waals surface area contributed by atoms with E-state index in [2.05, 4.69) is 39.9 Å². The summed E-state index contributed by atoms with van der Waals surface area (Å²) in [5.41, 5.74) is -0.572. The molecule has 0 aromatic rings. The monoisotopic (exact) mass is 243 g/mol. The van der Waals surface area contributed by atoms with Gasteiger partial charge in [0.1, 0.15) is 0 Å². The van der Waals surface area contributed by atoms with Gasteiger partial charge in [-0.3, -0.25) is 0 Å². The fourth-order valence-corrected chi connectivity index (χ4v) is 2.36. The molecule has 0 saturated carbocycles. The molecule has 0 radical (unpaired) electrons. The minimum atomic E-state index is -0.572. The van der Waals surface area contributed by atoms with Crippen molar-refractivity contribution in [2.24, 2.45) is 11.8 Å². The third kappa shape index (κ3) is 8.62. The maximum atomic E-state index is 10.3. The number of rotatable bonds is 9. The highest BCUT2D eigenvalue weighted by atomic mass is 16.3. The highest BCUT2D eigenvalue weighted by Crippen LogP contribution is 2.17. The molecule has 0 heterocycles. The van der Waals surface area contributed by atoms with Gasteiger partial charge in [-0.25, -0.2) is 0 Å². The maximum absolute atomic E-state index is 10.3. The van der Waals surface area contributed by atoms with Crippen molar-refractivity contribution >= 4 is 0 Å². The Balaban J connectivity index is 4.04. The van der Waals surface area contributed by atoms with Crippen LogP contribution in [0.4, 0.5) is 0 Å². The van der Waals surface area contributed by atoms with E-state index < -0.39 is 5.60 Å². The minimum absolute atomic E-state index is 0.543. The van der Waals surface area contributed by atoms with Crippen molar-refractivity contribution < 1.29 is 5.11 Å². The fraction of sp³-hybridized carbons (Fsp3) is 1.00. The molecule has 2 heteroatoms. The van der Waals surface area contributed by atoms with E-state index >= 15 is 0 Å². The van der Waals surface area contributed by atoms with Crippen molar-refractivity contribution in [1.82, 2.24) is 5.32 Å². The van der Waals surface area contributed by atoms with Crippen LogP contribution in [0.2, 0.25) is 0 Å². The molecule has 2 N–H and O–H groups in total. The SMILES string of the molecule is CCC(C)CC(CC)NCC(C)(O)CC(C)C. The largest absolute Gasteiger partial charge is 0.389 e. The van der Waals surface area contributed by atoms with E-state index in [-0.39, 0.29) is 0 Å². The molecule has 0 aliphatic carbocycles. The molecule has 3 atom stereocenters. The number of nitrogens with one attached hydrogen (secondary N) is 1. The lowest BCUT2D eigenvalue weighted by molar-refractivity contribution is 0.0350. The standard InChI is InChI=1S/C15H33NO/c1-7-13(5)9-14(8-2)16-11-15(6,17)10-12(3)4/h12-14,16-17H,7-11H2,1-6H3. The average Bonchev–Trinajstić information content (AvgIpc) is 2.21. The van der Waals surface area contributed by atoms with E-state index in [9.17, 15) is 5.11 Å². The van der Waals surface area contributed by atoms with Gasteiger partial charge in [0.25, 0.3) is 0 Å². The molecule has 2 nitrogen and oxygen atoms in total. The Morgan fingerprint density at radius 1 is 1.12 bits per heavy atom. The Labute approximate surface area is 108 Å². The van der Waals surface area contributed by atoms with E-state index in [4.69, 9.17) is 0 Å². The van der Waals surface area contributed by atoms with Gasteiger partial charge in [0, 0.05) is 12.6 Å². The fourth-order valence-electron chi connectivity index (χ4n) is 2.36. The Kier molecular flexibility index (Phi) is 8.06. The highest BCUT2D eigenvalue weighted by molar-refractivity contribution is 4.79. The third-order valence-corrected chi connectivity index (χ3v) is 3.50. The van der Waals surface area contributed by atoms with Gasteiger partial charge >= 0.3 is 0 Å². The van der Waals surface area contributed by atoms with Gasteiger partial charge in [-0.2, -0.15) is 0 Å². The first-order valence-corrected chi connectivity index (χ1v) is 7.26. The van der Waals surface area contributed by atoms with Crippen LogP contribution in [0.25, 0.3) is 0 Å². The van der Waals surface area contributed by atoms with Crippen LogP contribution < -0.4 is 5.32 Å². The summed E-state index contributed by atoms with van der Waals surface area (Å²) >= 11 is 0. The molecular formula is C15H33NO. The molecule has 0 aromatic carbocycles. The minimum Gasteiger partial charge on any atom is -0.389 e. The van der Waals surface area contributed by atoms with Gasteiger partial charge in [-0.15, -0.1) is 0 Å². The number of hydrogen-bond acceptors (Lipinski definition) is 2. The predicted octanol–water partition coefficient (Wildman–Crippen LogP) is 3.59. The van der Waals surface area contributed by atoms with Crippen molar-refractivity contribution in [3.8, 4) is 0 Å². The van der Waals surface area contributed by atoms with Crippen LogP contribution in [0, 0.1) is 11.8 Å². The van der Waals surface area contributed by atoms with Crippen LogP contribution >= 0.6 is 0 Å². The Morgan fingerprint density at radius 3 is 2.12 bits per heavy atom. The van der Waals surface area contributed by atoms with Crippen LogP contribution in [0.15, 0.2) is 0 Å². The molecule has 0 rings (SSSR count). The van der Waals surface area contributed by atoms with E-state index in [1.165, 1.54) is 12.8 Å². The highest BCUT2D eigenvalue weighted by Gasteiger charge is 2.23. The summed E-state index contributed by atoms with van der Waals surface area (Å²) in [6.45, 7) is 13.7. The molecular weight excluding hydrogens is 210 g/mol. The molecule has 0 spiro atoms. The molecule has 0 bridgehead atoms. The smallest absolute Gasteiger partial charge is 0.0746 e. The average molecular weight is 243 g/mol. The first kappa shape index (κ1) is 16.9. The van der Waals surface area contributed by atoms with Gasteiger partial charge in [-0.1, -0.05) is 41.0 Å². The number of hydrogen-bond donors (Lipinski definition) is 2. The van der Waals surface area contributed by atoms with Gasteiger partial charge in [0.05, 0.1) is 5.60 Å². The lowest BCUT2D eigenvalue weighted by Gasteiger charge is -2.29. The first-order valence-electron chi connectivity index (χ1n) is 7.26. The van der Waals surface area contributed by atoms with Gasteiger partial charge in [0.15, 0.2) is 0 Å².